The van der Waals surface area contributed by atoms with Crippen molar-refractivity contribution >= 4 is 0 Å². The monoisotopic (exact) mass is 144 g/mol. The second-order valence-corrected chi connectivity index (χ2v) is 1.96. The topological polar surface area (TPSA) is 61.3 Å². The highest BCUT2D eigenvalue weighted by Gasteiger charge is 1.98. The van der Waals surface area contributed by atoms with Crippen molar-refractivity contribution in [1.82, 2.24) is 0 Å². The molecule has 3 heteroatoms. The molecular formula is C7H16N2O. The van der Waals surface area contributed by atoms with E-state index < -0.39 is 0 Å². The lowest BCUT2D eigenvalue weighted by Gasteiger charge is -2.09. The SMILES string of the molecule is CC=CC(CN)OCCN. The average Bonchev–Trinajstić information content (AvgIpc) is 1.98. The maximum atomic E-state index is 5.38. The van der Waals surface area contributed by atoms with Gasteiger partial charge in [0.05, 0.1) is 12.7 Å². The first-order valence-electron chi connectivity index (χ1n) is 3.49. The van der Waals surface area contributed by atoms with Crippen molar-refractivity contribution < 1.29 is 4.74 Å². The Hall–Kier alpha value is -0.380. The van der Waals surface area contributed by atoms with Crippen LogP contribution in [-0.4, -0.2) is 25.8 Å². The molecule has 0 aliphatic rings. The van der Waals surface area contributed by atoms with Gasteiger partial charge in [-0.1, -0.05) is 12.2 Å². The van der Waals surface area contributed by atoms with Crippen LogP contribution >= 0.6 is 0 Å². The van der Waals surface area contributed by atoms with Crippen molar-refractivity contribution in [3.63, 3.8) is 0 Å². The molecule has 0 saturated carbocycles. The summed E-state index contributed by atoms with van der Waals surface area (Å²) in [6, 6.07) is 0. The summed E-state index contributed by atoms with van der Waals surface area (Å²) in [5, 5.41) is 0. The van der Waals surface area contributed by atoms with Crippen LogP contribution in [0.5, 0.6) is 0 Å². The largest absolute Gasteiger partial charge is 0.372 e. The molecule has 0 saturated heterocycles. The van der Waals surface area contributed by atoms with Gasteiger partial charge in [-0.25, -0.2) is 0 Å². The Morgan fingerprint density at radius 3 is 2.60 bits per heavy atom. The molecule has 4 N–H and O–H groups in total. The van der Waals surface area contributed by atoms with E-state index in [0.29, 0.717) is 19.7 Å². The van der Waals surface area contributed by atoms with E-state index in [2.05, 4.69) is 0 Å². The smallest absolute Gasteiger partial charge is 0.0878 e. The van der Waals surface area contributed by atoms with Crippen molar-refractivity contribution in [1.29, 1.82) is 0 Å². The summed E-state index contributed by atoms with van der Waals surface area (Å²) in [5.41, 5.74) is 10.6. The molecule has 0 aromatic heterocycles. The minimum absolute atomic E-state index is 0.0357. The summed E-state index contributed by atoms with van der Waals surface area (Å²) in [5.74, 6) is 0. The van der Waals surface area contributed by atoms with Crippen LogP contribution in [0.3, 0.4) is 0 Å². The molecule has 1 unspecified atom stereocenters. The summed E-state index contributed by atoms with van der Waals surface area (Å²) in [6.45, 7) is 3.58. The predicted molar refractivity (Wildman–Crippen MR) is 42.7 cm³/mol. The van der Waals surface area contributed by atoms with Gasteiger partial charge in [0, 0.05) is 13.1 Å². The van der Waals surface area contributed by atoms with Gasteiger partial charge in [-0.2, -0.15) is 0 Å². The highest BCUT2D eigenvalue weighted by molar-refractivity contribution is 4.87. The summed E-state index contributed by atoms with van der Waals surface area (Å²) in [4.78, 5) is 0. The van der Waals surface area contributed by atoms with E-state index in [9.17, 15) is 0 Å². The van der Waals surface area contributed by atoms with Gasteiger partial charge in [-0.05, 0) is 6.92 Å². The zero-order valence-corrected chi connectivity index (χ0v) is 6.42. The van der Waals surface area contributed by atoms with E-state index in [4.69, 9.17) is 16.2 Å². The highest BCUT2D eigenvalue weighted by atomic mass is 16.5. The van der Waals surface area contributed by atoms with Crippen LogP contribution < -0.4 is 11.5 Å². The second-order valence-electron chi connectivity index (χ2n) is 1.96. The summed E-state index contributed by atoms with van der Waals surface area (Å²) < 4.78 is 5.24. The fourth-order valence-electron chi connectivity index (χ4n) is 0.636. The Kier molecular flexibility index (Phi) is 6.48. The molecule has 0 radical (unpaired) electrons. The molecule has 60 valence electrons. The zero-order valence-electron chi connectivity index (χ0n) is 6.42. The average molecular weight is 144 g/mol. The Morgan fingerprint density at radius 2 is 2.20 bits per heavy atom. The van der Waals surface area contributed by atoms with Gasteiger partial charge in [0.1, 0.15) is 0 Å². The first-order chi connectivity index (χ1) is 4.85. The van der Waals surface area contributed by atoms with Crippen molar-refractivity contribution in [3.8, 4) is 0 Å². The maximum Gasteiger partial charge on any atom is 0.0878 e. The van der Waals surface area contributed by atoms with Gasteiger partial charge in [-0.3, -0.25) is 0 Å². The summed E-state index contributed by atoms with van der Waals surface area (Å²) >= 11 is 0. The minimum Gasteiger partial charge on any atom is -0.372 e. The third kappa shape index (κ3) is 4.49. The first kappa shape index (κ1) is 9.62. The van der Waals surface area contributed by atoms with Crippen LogP contribution in [0.1, 0.15) is 6.92 Å². The van der Waals surface area contributed by atoms with Gasteiger partial charge in [0.15, 0.2) is 0 Å². The molecule has 0 amide bonds. The van der Waals surface area contributed by atoms with Crippen LogP contribution in [0.25, 0.3) is 0 Å². The number of allylic oxidation sites excluding steroid dienone is 1. The quantitative estimate of drug-likeness (QED) is 0.528. The van der Waals surface area contributed by atoms with Crippen molar-refractivity contribution in [3.05, 3.63) is 12.2 Å². The van der Waals surface area contributed by atoms with E-state index in [1.807, 2.05) is 19.1 Å². The lowest BCUT2D eigenvalue weighted by molar-refractivity contribution is 0.0971. The van der Waals surface area contributed by atoms with Crippen molar-refractivity contribution in [2.45, 2.75) is 13.0 Å². The van der Waals surface area contributed by atoms with Gasteiger partial charge in [0.25, 0.3) is 0 Å². The van der Waals surface area contributed by atoms with Crippen LogP contribution in [0.2, 0.25) is 0 Å². The van der Waals surface area contributed by atoms with E-state index in [-0.39, 0.29) is 6.10 Å². The zero-order chi connectivity index (χ0) is 7.82. The Labute approximate surface area is 62.0 Å². The molecule has 0 aliphatic carbocycles. The minimum atomic E-state index is 0.0357. The molecule has 0 spiro atoms. The molecular weight excluding hydrogens is 128 g/mol. The van der Waals surface area contributed by atoms with Gasteiger partial charge >= 0.3 is 0 Å². The molecule has 0 aromatic rings. The standard InChI is InChI=1S/C7H16N2O/c1-2-3-7(6-9)10-5-4-8/h2-3,7H,4-6,8-9H2,1H3. The fourth-order valence-corrected chi connectivity index (χ4v) is 0.636. The first-order valence-corrected chi connectivity index (χ1v) is 3.49. The number of nitrogens with two attached hydrogens (primary N) is 2. The predicted octanol–water partition coefficient (Wildman–Crippen LogP) is -0.135. The summed E-state index contributed by atoms with van der Waals surface area (Å²) in [7, 11) is 0. The van der Waals surface area contributed by atoms with Gasteiger partial charge in [0.2, 0.25) is 0 Å². The van der Waals surface area contributed by atoms with E-state index in [1.165, 1.54) is 0 Å². The molecule has 3 nitrogen and oxygen atoms in total. The Balaban J connectivity index is 3.39. The van der Waals surface area contributed by atoms with Crippen LogP contribution in [0.4, 0.5) is 0 Å². The number of hydrogen-bond donors (Lipinski definition) is 2. The normalized spacial score (nSPS) is 14.3. The van der Waals surface area contributed by atoms with Crippen molar-refractivity contribution in [2.75, 3.05) is 19.7 Å². The molecule has 0 rings (SSSR count). The second kappa shape index (κ2) is 6.74. The molecule has 1 atom stereocenters. The van der Waals surface area contributed by atoms with E-state index in [0.717, 1.165) is 0 Å². The molecule has 0 aromatic carbocycles. The molecule has 10 heavy (non-hydrogen) atoms. The van der Waals surface area contributed by atoms with Crippen molar-refractivity contribution in [2.24, 2.45) is 11.5 Å². The lowest BCUT2D eigenvalue weighted by Crippen LogP contribution is -2.24. The summed E-state index contributed by atoms with van der Waals surface area (Å²) in [6.07, 6.45) is 3.89. The van der Waals surface area contributed by atoms with Gasteiger partial charge in [-0.15, -0.1) is 0 Å². The maximum absolute atomic E-state index is 5.38. The number of ether oxygens (including phenoxy) is 1. The van der Waals surface area contributed by atoms with Crippen LogP contribution in [-0.2, 0) is 4.74 Å². The number of rotatable bonds is 5. The fraction of sp³-hybridized carbons (Fsp3) is 0.714. The highest BCUT2D eigenvalue weighted by Crippen LogP contribution is 1.90. The number of hydrogen-bond acceptors (Lipinski definition) is 3. The lowest BCUT2D eigenvalue weighted by atomic mass is 10.3. The van der Waals surface area contributed by atoms with Crippen LogP contribution in [0, 0.1) is 0 Å². The third-order valence-corrected chi connectivity index (χ3v) is 1.09. The van der Waals surface area contributed by atoms with E-state index in [1.54, 1.807) is 0 Å². The Morgan fingerprint density at radius 1 is 1.50 bits per heavy atom. The van der Waals surface area contributed by atoms with Gasteiger partial charge < -0.3 is 16.2 Å². The molecule has 0 fully saturated rings. The molecule has 0 aliphatic heterocycles. The van der Waals surface area contributed by atoms with Crippen LogP contribution in [0.15, 0.2) is 12.2 Å². The van der Waals surface area contributed by atoms with E-state index >= 15 is 0 Å². The molecule has 0 heterocycles. The third-order valence-electron chi connectivity index (χ3n) is 1.09. The Bertz CT molecular complexity index is 93.6. The molecule has 0 bridgehead atoms.